The Morgan fingerprint density at radius 1 is 0.889 bits per heavy atom. The quantitative estimate of drug-likeness (QED) is 0.370. The number of benzene rings is 3. The van der Waals surface area contributed by atoms with Crippen molar-refractivity contribution in [2.45, 2.75) is 26.1 Å². The minimum atomic E-state index is -0.338. The lowest BCUT2D eigenvalue weighted by molar-refractivity contribution is 0.0678. The SMILES string of the molecule is O=C(c1cc2n(n1)CCN(Cc1ccccc1F)C2=O)N(CCc1ccccc1)Cc1ccccc1. The molecule has 3 aromatic carbocycles. The fourth-order valence-corrected chi connectivity index (χ4v) is 4.45. The van der Waals surface area contributed by atoms with Crippen LogP contribution in [0, 0.1) is 5.82 Å². The van der Waals surface area contributed by atoms with Crippen molar-refractivity contribution in [2.75, 3.05) is 13.1 Å². The highest BCUT2D eigenvalue weighted by atomic mass is 19.1. The summed E-state index contributed by atoms with van der Waals surface area (Å²) in [5.41, 5.74) is 3.23. The average Bonchev–Trinajstić information content (AvgIpc) is 3.35. The van der Waals surface area contributed by atoms with Crippen molar-refractivity contribution >= 4 is 11.8 Å². The fourth-order valence-electron chi connectivity index (χ4n) is 4.45. The summed E-state index contributed by atoms with van der Waals surface area (Å²) in [4.78, 5) is 30.1. The molecule has 5 rings (SSSR count). The van der Waals surface area contributed by atoms with E-state index in [2.05, 4.69) is 5.10 Å². The van der Waals surface area contributed by atoms with Crippen LogP contribution in [0.3, 0.4) is 0 Å². The van der Waals surface area contributed by atoms with Crippen molar-refractivity contribution in [1.82, 2.24) is 19.6 Å². The minimum Gasteiger partial charge on any atom is -0.333 e. The van der Waals surface area contributed by atoms with Crippen molar-refractivity contribution in [3.63, 3.8) is 0 Å². The van der Waals surface area contributed by atoms with E-state index in [0.717, 1.165) is 11.1 Å². The lowest BCUT2D eigenvalue weighted by Crippen LogP contribution is -2.40. The van der Waals surface area contributed by atoms with Crippen LogP contribution in [0.2, 0.25) is 0 Å². The topological polar surface area (TPSA) is 58.4 Å². The number of fused-ring (bicyclic) bond motifs is 1. The van der Waals surface area contributed by atoms with Crippen molar-refractivity contribution < 1.29 is 14.0 Å². The Balaban J connectivity index is 1.35. The van der Waals surface area contributed by atoms with Crippen LogP contribution in [0.4, 0.5) is 4.39 Å². The van der Waals surface area contributed by atoms with E-state index < -0.39 is 0 Å². The molecule has 0 atom stereocenters. The first-order valence-electron chi connectivity index (χ1n) is 12.1. The number of hydrogen-bond acceptors (Lipinski definition) is 3. The second-order valence-corrected chi connectivity index (χ2v) is 8.90. The first-order valence-corrected chi connectivity index (χ1v) is 12.1. The third-order valence-corrected chi connectivity index (χ3v) is 6.42. The molecular weight excluding hydrogens is 455 g/mol. The molecule has 0 unspecified atom stereocenters. The molecule has 0 saturated heterocycles. The zero-order chi connectivity index (χ0) is 24.9. The molecule has 6 nitrogen and oxygen atoms in total. The first kappa shape index (κ1) is 23.5. The Morgan fingerprint density at radius 2 is 1.56 bits per heavy atom. The smallest absolute Gasteiger partial charge is 0.274 e. The van der Waals surface area contributed by atoms with Gasteiger partial charge in [0.15, 0.2) is 5.69 Å². The maximum Gasteiger partial charge on any atom is 0.274 e. The molecule has 0 radical (unpaired) electrons. The van der Waals surface area contributed by atoms with Gasteiger partial charge in [0, 0.05) is 37.8 Å². The maximum absolute atomic E-state index is 14.1. The van der Waals surface area contributed by atoms with Crippen LogP contribution >= 0.6 is 0 Å². The average molecular weight is 483 g/mol. The largest absolute Gasteiger partial charge is 0.333 e. The van der Waals surface area contributed by atoms with Gasteiger partial charge in [-0.2, -0.15) is 5.10 Å². The molecule has 2 amide bonds. The van der Waals surface area contributed by atoms with Gasteiger partial charge in [0.1, 0.15) is 11.5 Å². The van der Waals surface area contributed by atoms with E-state index in [4.69, 9.17) is 0 Å². The summed E-state index contributed by atoms with van der Waals surface area (Å²) in [6.45, 7) is 2.00. The second kappa shape index (κ2) is 10.6. The van der Waals surface area contributed by atoms with Gasteiger partial charge in [0.05, 0.1) is 6.54 Å². The highest BCUT2D eigenvalue weighted by Crippen LogP contribution is 2.19. The van der Waals surface area contributed by atoms with Crippen LogP contribution < -0.4 is 0 Å². The van der Waals surface area contributed by atoms with Gasteiger partial charge >= 0.3 is 0 Å². The third kappa shape index (κ3) is 5.20. The molecule has 2 heterocycles. The number of aromatic nitrogens is 2. The summed E-state index contributed by atoms with van der Waals surface area (Å²) >= 11 is 0. The van der Waals surface area contributed by atoms with Crippen LogP contribution in [0.25, 0.3) is 0 Å². The number of nitrogens with zero attached hydrogens (tertiary/aromatic N) is 4. The monoisotopic (exact) mass is 482 g/mol. The summed E-state index contributed by atoms with van der Waals surface area (Å²) in [5.74, 6) is -0.810. The van der Waals surface area contributed by atoms with Crippen LogP contribution in [0.5, 0.6) is 0 Å². The molecule has 0 N–H and O–H groups in total. The molecule has 1 aliphatic rings. The molecule has 1 aliphatic heterocycles. The molecule has 4 aromatic rings. The van der Waals surface area contributed by atoms with Crippen LogP contribution in [0.1, 0.15) is 37.7 Å². The lowest BCUT2D eigenvalue weighted by Gasteiger charge is -2.27. The lowest BCUT2D eigenvalue weighted by atomic mass is 10.1. The molecular formula is C29H27FN4O2. The van der Waals surface area contributed by atoms with E-state index in [1.54, 1.807) is 38.7 Å². The van der Waals surface area contributed by atoms with Crippen molar-refractivity contribution in [1.29, 1.82) is 0 Å². The highest BCUT2D eigenvalue weighted by Gasteiger charge is 2.29. The van der Waals surface area contributed by atoms with Crippen molar-refractivity contribution in [3.8, 4) is 0 Å². The molecule has 0 spiro atoms. The molecule has 0 aliphatic carbocycles. The first-order chi connectivity index (χ1) is 17.6. The number of hydrogen-bond donors (Lipinski definition) is 0. The molecule has 0 fully saturated rings. The van der Waals surface area contributed by atoms with E-state index in [1.165, 1.54) is 6.07 Å². The van der Waals surface area contributed by atoms with E-state index in [1.807, 2.05) is 60.7 Å². The summed E-state index contributed by atoms with van der Waals surface area (Å²) in [6, 6.07) is 27.9. The molecule has 7 heteroatoms. The number of amides is 2. The van der Waals surface area contributed by atoms with E-state index in [0.29, 0.717) is 43.9 Å². The van der Waals surface area contributed by atoms with E-state index >= 15 is 0 Å². The van der Waals surface area contributed by atoms with Crippen molar-refractivity contribution in [2.24, 2.45) is 0 Å². The fraction of sp³-hybridized carbons (Fsp3) is 0.207. The Hall–Kier alpha value is -4.26. The van der Waals surface area contributed by atoms with Gasteiger partial charge in [-0.1, -0.05) is 78.9 Å². The Bertz CT molecular complexity index is 1350. The zero-order valence-corrected chi connectivity index (χ0v) is 19.9. The van der Waals surface area contributed by atoms with Crippen LogP contribution in [-0.2, 0) is 26.1 Å². The van der Waals surface area contributed by atoms with Crippen LogP contribution in [-0.4, -0.2) is 44.5 Å². The summed E-state index contributed by atoms with van der Waals surface area (Å²) < 4.78 is 15.7. The molecule has 0 saturated carbocycles. The van der Waals surface area contributed by atoms with E-state index in [-0.39, 0.29) is 29.9 Å². The van der Waals surface area contributed by atoms with Gasteiger partial charge in [-0.15, -0.1) is 0 Å². The van der Waals surface area contributed by atoms with Crippen molar-refractivity contribution in [3.05, 3.63) is 125 Å². The summed E-state index contributed by atoms with van der Waals surface area (Å²) in [7, 11) is 0. The molecule has 36 heavy (non-hydrogen) atoms. The molecule has 0 bridgehead atoms. The van der Waals surface area contributed by atoms with Gasteiger partial charge in [-0.3, -0.25) is 14.3 Å². The van der Waals surface area contributed by atoms with Gasteiger partial charge in [-0.05, 0) is 23.6 Å². The number of carbonyl (C=O) groups is 2. The summed E-state index contributed by atoms with van der Waals surface area (Å²) in [5, 5.41) is 4.48. The Kier molecular flexibility index (Phi) is 6.89. The Morgan fingerprint density at radius 3 is 2.28 bits per heavy atom. The standard InChI is InChI=1S/C29H27FN4O2/c30-25-14-8-7-13-24(25)21-33-17-18-34-27(29(33)36)19-26(31-34)28(35)32(20-23-11-5-2-6-12-23)16-15-22-9-3-1-4-10-22/h1-14,19H,15-18,20-21H2. The molecule has 1 aromatic heterocycles. The van der Waals surface area contributed by atoms with E-state index in [9.17, 15) is 14.0 Å². The number of rotatable bonds is 8. The second-order valence-electron chi connectivity index (χ2n) is 8.90. The van der Waals surface area contributed by atoms with Gasteiger partial charge in [0.2, 0.25) is 0 Å². The highest BCUT2D eigenvalue weighted by molar-refractivity contribution is 5.98. The van der Waals surface area contributed by atoms with Gasteiger partial charge in [0.25, 0.3) is 11.8 Å². The Labute approximate surface area is 209 Å². The number of halogens is 1. The maximum atomic E-state index is 14.1. The predicted octanol–water partition coefficient (Wildman–Crippen LogP) is 4.56. The normalized spacial score (nSPS) is 12.9. The summed E-state index contributed by atoms with van der Waals surface area (Å²) in [6.07, 6.45) is 0.711. The van der Waals surface area contributed by atoms with Gasteiger partial charge in [-0.25, -0.2) is 4.39 Å². The molecule has 182 valence electrons. The minimum absolute atomic E-state index is 0.178. The zero-order valence-electron chi connectivity index (χ0n) is 19.9. The number of carbonyl (C=O) groups excluding carboxylic acids is 2. The third-order valence-electron chi connectivity index (χ3n) is 6.42. The van der Waals surface area contributed by atoms with Crippen LogP contribution in [0.15, 0.2) is 91.0 Å². The van der Waals surface area contributed by atoms with Gasteiger partial charge < -0.3 is 9.80 Å². The predicted molar refractivity (Wildman–Crippen MR) is 135 cm³/mol.